The summed E-state index contributed by atoms with van der Waals surface area (Å²) in [6.07, 6.45) is 0.555. The van der Waals surface area contributed by atoms with Gasteiger partial charge in [0.2, 0.25) is 0 Å². The van der Waals surface area contributed by atoms with Crippen molar-refractivity contribution >= 4 is 19.8 Å². The molecule has 1 N–H and O–H groups in total. The van der Waals surface area contributed by atoms with Crippen molar-refractivity contribution in [3.05, 3.63) is 29.3 Å². The van der Waals surface area contributed by atoms with E-state index in [2.05, 4.69) is 57.1 Å². The van der Waals surface area contributed by atoms with Crippen LogP contribution < -0.4 is 0 Å². The van der Waals surface area contributed by atoms with Crippen LogP contribution in [0.4, 0.5) is 0 Å². The molecule has 1 aromatic rings. The van der Waals surface area contributed by atoms with Crippen LogP contribution in [-0.2, 0) is 5.41 Å². The predicted molar refractivity (Wildman–Crippen MR) is 90.9 cm³/mol. The number of fused-ring (bicyclic) bond motifs is 1. The van der Waals surface area contributed by atoms with Crippen molar-refractivity contribution in [3.63, 3.8) is 0 Å². The lowest BCUT2D eigenvalue weighted by molar-refractivity contribution is 0.238. The minimum absolute atomic E-state index is 0.244. The average molecular weight is 305 g/mol. The van der Waals surface area contributed by atoms with Crippen molar-refractivity contribution < 1.29 is 5.11 Å². The molecule has 0 spiro atoms. The van der Waals surface area contributed by atoms with Crippen LogP contribution in [-0.4, -0.2) is 18.9 Å². The molecule has 1 heterocycles. The first-order chi connectivity index (χ1) is 9.19. The third-order valence-corrected chi connectivity index (χ3v) is 5.57. The lowest BCUT2D eigenvalue weighted by atomic mass is 9.81. The lowest BCUT2D eigenvalue weighted by Crippen LogP contribution is -2.22. The Hall–Kier alpha value is -0.693. The molecule has 0 amide bonds. The fraction of sp³-hybridized carbons (Fsp3) is 0.529. The molecule has 0 fully saturated rings. The Morgan fingerprint density at radius 1 is 1.30 bits per heavy atom. The number of benzene rings is 1. The van der Waals surface area contributed by atoms with Crippen molar-refractivity contribution in [3.8, 4) is 11.5 Å². The molecule has 108 valence electrons. The second kappa shape index (κ2) is 5.59. The third kappa shape index (κ3) is 3.69. The molecule has 2 rings (SSSR count). The van der Waals surface area contributed by atoms with Gasteiger partial charge in [-0.2, -0.15) is 0 Å². The number of rotatable bonds is 1. The van der Waals surface area contributed by atoms with E-state index in [0.29, 0.717) is 0 Å². The Kier molecular flexibility index (Phi) is 4.39. The van der Waals surface area contributed by atoms with E-state index in [9.17, 15) is 5.11 Å². The molecule has 1 nitrogen and oxygen atoms in total. The second-order valence-corrected chi connectivity index (χ2v) is 13.0. The van der Waals surface area contributed by atoms with Crippen LogP contribution in [0.3, 0.4) is 0 Å². The molecule has 0 saturated carbocycles. The SMILES string of the molecule is CC1(C)CCSc2cc(C(O)C#C[Si](C)(C)C)ccc21. The van der Waals surface area contributed by atoms with Crippen LogP contribution >= 0.6 is 11.8 Å². The van der Waals surface area contributed by atoms with Gasteiger partial charge in [-0.25, -0.2) is 0 Å². The maximum Gasteiger partial charge on any atom is 0.139 e. The van der Waals surface area contributed by atoms with Gasteiger partial charge in [0.05, 0.1) is 0 Å². The number of thioether (sulfide) groups is 1. The molecule has 0 radical (unpaired) electrons. The maximum absolute atomic E-state index is 10.3. The van der Waals surface area contributed by atoms with Crippen molar-refractivity contribution in [2.45, 2.75) is 56.3 Å². The zero-order chi connectivity index (χ0) is 15.0. The summed E-state index contributed by atoms with van der Waals surface area (Å²) in [5.74, 6) is 4.18. The van der Waals surface area contributed by atoms with E-state index in [1.54, 1.807) is 0 Å². The highest BCUT2D eigenvalue weighted by Crippen LogP contribution is 2.42. The average Bonchev–Trinajstić information content (AvgIpc) is 2.34. The van der Waals surface area contributed by atoms with Gasteiger partial charge >= 0.3 is 0 Å². The van der Waals surface area contributed by atoms with E-state index in [4.69, 9.17) is 0 Å². The topological polar surface area (TPSA) is 20.2 Å². The van der Waals surface area contributed by atoms with Crippen molar-refractivity contribution in [1.82, 2.24) is 0 Å². The van der Waals surface area contributed by atoms with Crippen molar-refractivity contribution in [2.75, 3.05) is 5.75 Å². The standard InChI is InChI=1S/C17H24OSSi/c1-17(2)9-10-19-16-12-13(6-7-14(16)17)15(18)8-11-20(3,4)5/h6-7,12,15,18H,9-10H2,1-5H3. The van der Waals surface area contributed by atoms with Gasteiger partial charge in [0.1, 0.15) is 14.2 Å². The van der Waals surface area contributed by atoms with E-state index in [1.165, 1.54) is 16.9 Å². The molecule has 0 bridgehead atoms. The molecule has 1 unspecified atom stereocenters. The first-order valence-electron chi connectivity index (χ1n) is 7.17. The third-order valence-electron chi connectivity index (χ3n) is 3.62. The van der Waals surface area contributed by atoms with Gasteiger partial charge in [0.15, 0.2) is 0 Å². The van der Waals surface area contributed by atoms with Gasteiger partial charge in [-0.3, -0.25) is 0 Å². The first kappa shape index (κ1) is 15.7. The monoisotopic (exact) mass is 304 g/mol. The number of hydrogen-bond acceptors (Lipinski definition) is 2. The van der Waals surface area contributed by atoms with Gasteiger partial charge in [0.25, 0.3) is 0 Å². The summed E-state index contributed by atoms with van der Waals surface area (Å²) in [6, 6.07) is 6.34. The highest BCUT2D eigenvalue weighted by Gasteiger charge is 2.28. The molecular formula is C17H24OSSi. The lowest BCUT2D eigenvalue weighted by Gasteiger charge is -2.32. The minimum atomic E-state index is -1.43. The maximum atomic E-state index is 10.3. The van der Waals surface area contributed by atoms with E-state index < -0.39 is 14.2 Å². The summed E-state index contributed by atoms with van der Waals surface area (Å²) in [7, 11) is -1.43. The highest BCUT2D eigenvalue weighted by molar-refractivity contribution is 7.99. The molecule has 0 saturated heterocycles. The smallest absolute Gasteiger partial charge is 0.139 e. The molecule has 20 heavy (non-hydrogen) atoms. The van der Waals surface area contributed by atoms with Crippen molar-refractivity contribution in [2.24, 2.45) is 0 Å². The van der Waals surface area contributed by atoms with E-state index in [-0.39, 0.29) is 5.41 Å². The number of aliphatic hydroxyl groups excluding tert-OH is 1. The summed E-state index contributed by atoms with van der Waals surface area (Å²) >= 11 is 1.90. The largest absolute Gasteiger partial charge is 0.376 e. The quantitative estimate of drug-likeness (QED) is 0.614. The predicted octanol–water partition coefficient (Wildman–Crippen LogP) is 4.37. The Bertz CT molecular complexity index is 561. The van der Waals surface area contributed by atoms with Crippen LogP contribution in [0.1, 0.15) is 37.5 Å². The van der Waals surface area contributed by atoms with Crippen LogP contribution in [0.15, 0.2) is 23.1 Å². The molecule has 1 aliphatic heterocycles. The highest BCUT2D eigenvalue weighted by atomic mass is 32.2. The van der Waals surface area contributed by atoms with Crippen LogP contribution in [0.2, 0.25) is 19.6 Å². The molecule has 0 aromatic heterocycles. The Balaban J connectivity index is 2.29. The van der Waals surface area contributed by atoms with Crippen LogP contribution in [0.5, 0.6) is 0 Å². The van der Waals surface area contributed by atoms with Crippen LogP contribution in [0, 0.1) is 11.5 Å². The Morgan fingerprint density at radius 3 is 2.65 bits per heavy atom. The first-order valence-corrected chi connectivity index (χ1v) is 11.7. The fourth-order valence-corrected chi connectivity index (χ4v) is 4.43. The molecular weight excluding hydrogens is 280 g/mol. The van der Waals surface area contributed by atoms with E-state index in [1.807, 2.05) is 17.8 Å². The minimum Gasteiger partial charge on any atom is -0.376 e. The Labute approximate surface area is 128 Å². The molecule has 1 aliphatic rings. The van der Waals surface area contributed by atoms with Crippen LogP contribution in [0.25, 0.3) is 0 Å². The zero-order valence-electron chi connectivity index (χ0n) is 13.1. The molecule has 1 aromatic carbocycles. The molecule has 3 heteroatoms. The van der Waals surface area contributed by atoms with Gasteiger partial charge in [-0.1, -0.05) is 51.5 Å². The summed E-state index contributed by atoms with van der Waals surface area (Å²) < 4.78 is 0. The molecule has 1 atom stereocenters. The second-order valence-electron chi connectivity index (χ2n) is 7.16. The summed E-state index contributed by atoms with van der Waals surface area (Å²) in [4.78, 5) is 1.31. The fourth-order valence-electron chi connectivity index (χ4n) is 2.31. The van der Waals surface area contributed by atoms with Crippen molar-refractivity contribution in [1.29, 1.82) is 0 Å². The summed E-state index contributed by atoms with van der Waals surface area (Å²) in [5.41, 5.74) is 5.83. The van der Waals surface area contributed by atoms with Gasteiger partial charge < -0.3 is 5.11 Å². The summed E-state index contributed by atoms with van der Waals surface area (Å²) in [6.45, 7) is 11.2. The summed E-state index contributed by atoms with van der Waals surface area (Å²) in [5, 5.41) is 10.3. The Morgan fingerprint density at radius 2 is 2.00 bits per heavy atom. The zero-order valence-corrected chi connectivity index (χ0v) is 14.9. The van der Waals surface area contributed by atoms with E-state index in [0.717, 1.165) is 11.3 Å². The van der Waals surface area contributed by atoms with Gasteiger partial charge in [0, 0.05) is 4.90 Å². The van der Waals surface area contributed by atoms with Gasteiger partial charge in [-0.05, 0) is 34.8 Å². The number of hydrogen-bond donors (Lipinski definition) is 1. The van der Waals surface area contributed by atoms with Gasteiger partial charge in [-0.15, -0.1) is 17.3 Å². The normalized spacial score (nSPS) is 18.7. The molecule has 0 aliphatic carbocycles. The van der Waals surface area contributed by atoms with E-state index >= 15 is 0 Å². The number of aliphatic hydroxyl groups is 1.